The van der Waals surface area contributed by atoms with Crippen LogP contribution in [-0.2, 0) is 11.2 Å². The van der Waals surface area contributed by atoms with Crippen LogP contribution in [0.1, 0.15) is 48.5 Å². The first-order valence-electron chi connectivity index (χ1n) is 7.92. The lowest BCUT2D eigenvalue weighted by molar-refractivity contribution is 0.0601. The average molecular weight is 412 g/mol. The molecule has 6 nitrogen and oxygen atoms in total. The Kier molecular flexibility index (Phi) is 6.74. The highest BCUT2D eigenvalue weighted by molar-refractivity contribution is 7.80. The molecule has 0 aliphatic rings. The van der Waals surface area contributed by atoms with Gasteiger partial charge in [0.05, 0.1) is 18.2 Å². The number of thiocarbonyl (C=S) groups is 1. The van der Waals surface area contributed by atoms with Crippen LogP contribution in [0.15, 0.2) is 5.38 Å². The van der Waals surface area contributed by atoms with Gasteiger partial charge in [-0.05, 0) is 50.5 Å². The number of hydrogen-bond donors (Lipinski definition) is 3. The molecule has 2 aromatic heterocycles. The number of carbonyl (C=O) groups is 2. The first kappa shape index (κ1) is 20.3. The lowest BCUT2D eigenvalue weighted by atomic mass is 10.1. The van der Waals surface area contributed by atoms with E-state index in [1.165, 1.54) is 29.8 Å². The number of esters is 1. The molecule has 26 heavy (non-hydrogen) atoms. The van der Waals surface area contributed by atoms with E-state index in [0.29, 0.717) is 22.5 Å². The smallest absolute Gasteiger partial charge is 0.341 e. The second-order valence-electron chi connectivity index (χ2n) is 5.55. The van der Waals surface area contributed by atoms with E-state index >= 15 is 0 Å². The van der Waals surface area contributed by atoms with Crippen LogP contribution in [0.5, 0.6) is 0 Å². The Labute approximate surface area is 165 Å². The van der Waals surface area contributed by atoms with Gasteiger partial charge >= 0.3 is 5.97 Å². The fourth-order valence-corrected chi connectivity index (χ4v) is 4.68. The summed E-state index contributed by atoms with van der Waals surface area (Å²) in [5.74, 6) is -0.675. The molecule has 0 unspecified atom stereocenters. The minimum atomic E-state index is -0.412. The van der Waals surface area contributed by atoms with Gasteiger partial charge in [-0.1, -0.05) is 6.92 Å². The first-order valence-corrected chi connectivity index (χ1v) is 10.0. The number of nitrogens with one attached hydrogen (secondary N) is 3. The van der Waals surface area contributed by atoms with Crippen molar-refractivity contribution in [2.24, 2.45) is 0 Å². The van der Waals surface area contributed by atoms with E-state index in [1.807, 2.05) is 33.1 Å². The Morgan fingerprint density at radius 3 is 2.42 bits per heavy atom. The van der Waals surface area contributed by atoms with Crippen LogP contribution in [0.3, 0.4) is 0 Å². The van der Waals surface area contributed by atoms with Crippen LogP contribution in [-0.4, -0.2) is 24.1 Å². The number of anilines is 1. The summed E-state index contributed by atoms with van der Waals surface area (Å²) in [5.41, 5.74) is 8.22. The highest BCUT2D eigenvalue weighted by Crippen LogP contribution is 2.33. The predicted octanol–water partition coefficient (Wildman–Crippen LogP) is 3.72. The summed E-state index contributed by atoms with van der Waals surface area (Å²) in [5, 5.41) is 5.57. The van der Waals surface area contributed by atoms with E-state index in [9.17, 15) is 9.59 Å². The Morgan fingerprint density at radius 2 is 1.88 bits per heavy atom. The summed E-state index contributed by atoms with van der Waals surface area (Å²) in [6, 6.07) is 0. The fraction of sp³-hybridized carbons (Fsp3) is 0.353. The zero-order valence-electron chi connectivity index (χ0n) is 15.2. The van der Waals surface area contributed by atoms with Crippen molar-refractivity contribution in [2.45, 2.75) is 34.1 Å². The number of amides is 1. The summed E-state index contributed by atoms with van der Waals surface area (Å²) in [6.45, 7) is 7.80. The molecule has 1 amide bonds. The molecule has 0 spiro atoms. The van der Waals surface area contributed by atoms with Crippen molar-refractivity contribution >= 4 is 56.9 Å². The molecule has 140 valence electrons. The highest BCUT2D eigenvalue weighted by atomic mass is 32.1. The van der Waals surface area contributed by atoms with E-state index in [4.69, 9.17) is 17.0 Å². The van der Waals surface area contributed by atoms with E-state index in [0.717, 1.165) is 20.9 Å². The van der Waals surface area contributed by atoms with Crippen molar-refractivity contribution in [1.29, 1.82) is 0 Å². The van der Waals surface area contributed by atoms with Gasteiger partial charge in [-0.2, -0.15) is 0 Å². The Bertz CT molecular complexity index is 855. The molecular weight excluding hydrogens is 390 g/mol. The molecule has 0 saturated carbocycles. The predicted molar refractivity (Wildman–Crippen MR) is 110 cm³/mol. The number of rotatable bonds is 4. The molecule has 0 aromatic carbocycles. The quantitative estimate of drug-likeness (QED) is 0.404. The highest BCUT2D eigenvalue weighted by Gasteiger charge is 2.22. The number of aryl methyl sites for hydroxylation is 2. The van der Waals surface area contributed by atoms with E-state index in [-0.39, 0.29) is 11.0 Å². The summed E-state index contributed by atoms with van der Waals surface area (Å²) < 4.78 is 4.88. The van der Waals surface area contributed by atoms with Crippen LogP contribution in [0.25, 0.3) is 0 Å². The fourth-order valence-electron chi connectivity index (χ4n) is 2.46. The topological polar surface area (TPSA) is 79.5 Å². The van der Waals surface area contributed by atoms with Crippen molar-refractivity contribution < 1.29 is 14.3 Å². The van der Waals surface area contributed by atoms with Crippen LogP contribution < -0.4 is 16.2 Å². The van der Waals surface area contributed by atoms with Gasteiger partial charge in [0.25, 0.3) is 5.91 Å². The number of hydrogen-bond acceptors (Lipinski definition) is 6. The van der Waals surface area contributed by atoms with Crippen LogP contribution >= 0.6 is 34.9 Å². The lowest BCUT2D eigenvalue weighted by Gasteiger charge is -2.12. The van der Waals surface area contributed by atoms with Crippen molar-refractivity contribution in [1.82, 2.24) is 10.9 Å². The summed E-state index contributed by atoms with van der Waals surface area (Å²) in [6.07, 6.45) is 0.710. The molecule has 0 fully saturated rings. The molecule has 2 aromatic rings. The molecule has 3 N–H and O–H groups in total. The third-order valence-corrected chi connectivity index (χ3v) is 6.28. The third-order valence-electron chi connectivity index (χ3n) is 4.00. The second-order valence-corrected chi connectivity index (χ2v) is 8.27. The van der Waals surface area contributed by atoms with Crippen LogP contribution in [0, 0.1) is 20.8 Å². The van der Waals surface area contributed by atoms with Crippen LogP contribution in [0.4, 0.5) is 5.00 Å². The van der Waals surface area contributed by atoms with E-state index < -0.39 is 5.97 Å². The van der Waals surface area contributed by atoms with Crippen molar-refractivity contribution in [2.75, 3.05) is 12.4 Å². The normalized spacial score (nSPS) is 10.3. The SMILES string of the molecule is CCc1c(C)sc(NC(=S)NNC(=O)c2csc(C)c2C)c1C(=O)OC. The number of thiophene rings is 2. The average Bonchev–Trinajstić information content (AvgIpc) is 3.11. The van der Waals surface area contributed by atoms with Gasteiger partial charge in [-0.25, -0.2) is 4.79 Å². The number of methoxy groups -OCH3 is 1. The summed E-state index contributed by atoms with van der Waals surface area (Å²) >= 11 is 8.18. The summed E-state index contributed by atoms with van der Waals surface area (Å²) in [4.78, 5) is 26.5. The molecular formula is C17H21N3O3S3. The molecule has 0 radical (unpaired) electrons. The van der Waals surface area contributed by atoms with E-state index in [2.05, 4.69) is 16.2 Å². The minimum absolute atomic E-state index is 0.192. The molecule has 0 aliphatic carbocycles. The maximum absolute atomic E-state index is 12.2. The second kappa shape index (κ2) is 8.61. The van der Waals surface area contributed by atoms with Crippen molar-refractivity contribution in [3.8, 4) is 0 Å². The molecule has 2 heterocycles. The molecule has 2 rings (SSSR count). The van der Waals surface area contributed by atoms with Gasteiger partial charge in [-0.15, -0.1) is 22.7 Å². The number of carbonyl (C=O) groups excluding carboxylic acids is 2. The van der Waals surface area contributed by atoms with Crippen LogP contribution in [0.2, 0.25) is 0 Å². The summed E-state index contributed by atoms with van der Waals surface area (Å²) in [7, 11) is 1.35. The standard InChI is InChI=1S/C17H21N3O3S3/c1-6-11-10(4)26-15(13(11)16(22)23-5)18-17(24)20-19-14(21)12-7-25-9(3)8(12)2/h7H,6H2,1-5H3,(H,19,21)(H2,18,20,24). The maximum atomic E-state index is 12.2. The zero-order valence-corrected chi connectivity index (χ0v) is 17.7. The van der Waals surface area contributed by atoms with Gasteiger partial charge < -0.3 is 10.1 Å². The third kappa shape index (κ3) is 4.22. The van der Waals surface area contributed by atoms with Gasteiger partial charge in [0, 0.05) is 15.1 Å². The Balaban J connectivity index is 2.07. The lowest BCUT2D eigenvalue weighted by Crippen LogP contribution is -2.43. The van der Waals surface area contributed by atoms with Crippen molar-refractivity contribution in [3.63, 3.8) is 0 Å². The zero-order chi connectivity index (χ0) is 19.4. The molecule has 0 atom stereocenters. The maximum Gasteiger partial charge on any atom is 0.341 e. The van der Waals surface area contributed by atoms with Gasteiger partial charge in [0.15, 0.2) is 5.11 Å². The molecule has 0 bridgehead atoms. The minimum Gasteiger partial charge on any atom is -0.465 e. The first-order chi connectivity index (χ1) is 12.3. The molecule has 0 aliphatic heterocycles. The monoisotopic (exact) mass is 411 g/mol. The van der Waals surface area contributed by atoms with Gasteiger partial charge in [-0.3, -0.25) is 15.6 Å². The number of ether oxygens (including phenoxy) is 1. The molecule has 0 saturated heterocycles. The number of hydrazine groups is 1. The largest absolute Gasteiger partial charge is 0.465 e. The molecule has 9 heteroatoms. The van der Waals surface area contributed by atoms with Gasteiger partial charge in [0.1, 0.15) is 5.00 Å². The van der Waals surface area contributed by atoms with E-state index in [1.54, 1.807) is 0 Å². The van der Waals surface area contributed by atoms with Gasteiger partial charge in [0.2, 0.25) is 0 Å². The van der Waals surface area contributed by atoms with Crippen molar-refractivity contribution in [3.05, 3.63) is 37.4 Å². The Hall–Kier alpha value is -1.97. The Morgan fingerprint density at radius 1 is 1.19 bits per heavy atom.